The molecule has 3 rings (SSSR count). The van der Waals surface area contributed by atoms with E-state index in [1.165, 1.54) is 11.1 Å². The number of allylic oxidation sites excluding steroid dienone is 1. The normalized spacial score (nSPS) is 11.8. The minimum Gasteiger partial charge on any atom is -0.508 e. The molecule has 0 aromatic heterocycles. The predicted octanol–water partition coefficient (Wildman–Crippen LogP) is 4.97. The van der Waals surface area contributed by atoms with Gasteiger partial charge >= 0.3 is 0 Å². The number of rotatable bonds is 7. The molecule has 0 atom stereocenters. The van der Waals surface area contributed by atoms with Crippen molar-refractivity contribution in [2.24, 2.45) is 0 Å². The maximum atomic E-state index is 9.67. The van der Waals surface area contributed by atoms with Gasteiger partial charge in [0, 0.05) is 6.54 Å². The zero-order valence-electron chi connectivity index (χ0n) is 15.8. The molecule has 0 fully saturated rings. The van der Waals surface area contributed by atoms with Crippen molar-refractivity contribution in [1.82, 2.24) is 5.32 Å². The second-order valence-electron chi connectivity index (χ2n) is 6.39. The smallest absolute Gasteiger partial charge is 0.119 e. The van der Waals surface area contributed by atoms with Crippen molar-refractivity contribution in [2.75, 3.05) is 20.2 Å². The van der Waals surface area contributed by atoms with Gasteiger partial charge in [0.2, 0.25) is 0 Å². The SMILES string of the molecule is CNCCOc1ccc(/C(=C(\C)c2ccccc2)c2ccc(O)cc2)cc1. The van der Waals surface area contributed by atoms with E-state index in [4.69, 9.17) is 4.74 Å². The summed E-state index contributed by atoms with van der Waals surface area (Å²) in [5.41, 5.74) is 5.68. The molecule has 0 saturated heterocycles. The first-order valence-electron chi connectivity index (χ1n) is 9.12. The van der Waals surface area contributed by atoms with Gasteiger partial charge < -0.3 is 15.2 Å². The average molecular weight is 359 g/mol. The van der Waals surface area contributed by atoms with Crippen molar-refractivity contribution in [3.05, 3.63) is 95.6 Å². The molecule has 0 radical (unpaired) electrons. The number of benzene rings is 3. The van der Waals surface area contributed by atoms with Crippen LogP contribution in [0, 0.1) is 0 Å². The van der Waals surface area contributed by atoms with E-state index in [-0.39, 0.29) is 5.75 Å². The molecule has 138 valence electrons. The van der Waals surface area contributed by atoms with Gasteiger partial charge in [0.15, 0.2) is 0 Å². The Morgan fingerprint density at radius 1 is 0.815 bits per heavy atom. The summed E-state index contributed by atoms with van der Waals surface area (Å²) in [5.74, 6) is 1.13. The first-order chi connectivity index (χ1) is 13.2. The summed E-state index contributed by atoms with van der Waals surface area (Å²) < 4.78 is 5.74. The van der Waals surface area contributed by atoms with Gasteiger partial charge in [-0.2, -0.15) is 0 Å². The lowest BCUT2D eigenvalue weighted by molar-refractivity contribution is 0.318. The van der Waals surface area contributed by atoms with Crippen LogP contribution in [0.3, 0.4) is 0 Å². The van der Waals surface area contributed by atoms with E-state index in [0.29, 0.717) is 6.61 Å². The van der Waals surface area contributed by atoms with Crippen LogP contribution in [0.2, 0.25) is 0 Å². The predicted molar refractivity (Wildman–Crippen MR) is 112 cm³/mol. The molecule has 3 heteroatoms. The van der Waals surface area contributed by atoms with Crippen LogP contribution in [0.4, 0.5) is 0 Å². The molecule has 3 nitrogen and oxygen atoms in total. The van der Waals surface area contributed by atoms with Gasteiger partial charge in [-0.25, -0.2) is 0 Å². The van der Waals surface area contributed by atoms with Crippen LogP contribution in [0.1, 0.15) is 23.6 Å². The van der Waals surface area contributed by atoms with Gasteiger partial charge in [-0.3, -0.25) is 0 Å². The fraction of sp³-hybridized carbons (Fsp3) is 0.167. The lowest BCUT2D eigenvalue weighted by atomic mass is 9.90. The molecule has 0 spiro atoms. The molecule has 3 aromatic rings. The number of ether oxygens (including phenoxy) is 1. The number of hydrogen-bond acceptors (Lipinski definition) is 3. The van der Waals surface area contributed by atoms with Crippen LogP contribution in [0.5, 0.6) is 11.5 Å². The Morgan fingerprint density at radius 2 is 1.41 bits per heavy atom. The first kappa shape index (κ1) is 18.7. The summed E-state index contributed by atoms with van der Waals surface area (Å²) in [7, 11) is 1.91. The summed E-state index contributed by atoms with van der Waals surface area (Å²) in [6, 6.07) is 25.9. The summed E-state index contributed by atoms with van der Waals surface area (Å²) >= 11 is 0. The maximum Gasteiger partial charge on any atom is 0.119 e. The maximum absolute atomic E-state index is 9.67. The third kappa shape index (κ3) is 4.78. The van der Waals surface area contributed by atoms with Gasteiger partial charge in [-0.15, -0.1) is 0 Å². The Balaban J connectivity index is 2.01. The highest BCUT2D eigenvalue weighted by Gasteiger charge is 2.11. The summed E-state index contributed by atoms with van der Waals surface area (Å²) in [6.45, 7) is 3.59. The fourth-order valence-corrected chi connectivity index (χ4v) is 3.05. The Morgan fingerprint density at radius 3 is 2.00 bits per heavy atom. The number of hydrogen-bond donors (Lipinski definition) is 2. The van der Waals surface area contributed by atoms with Crippen LogP contribution in [-0.4, -0.2) is 25.3 Å². The topological polar surface area (TPSA) is 41.5 Å². The van der Waals surface area contributed by atoms with Gasteiger partial charge in [-0.05, 0) is 66.1 Å². The number of likely N-dealkylation sites (N-methyl/N-ethyl adjacent to an activating group) is 1. The largest absolute Gasteiger partial charge is 0.508 e. The fourth-order valence-electron chi connectivity index (χ4n) is 3.05. The lowest BCUT2D eigenvalue weighted by Crippen LogP contribution is -2.15. The van der Waals surface area contributed by atoms with E-state index >= 15 is 0 Å². The van der Waals surface area contributed by atoms with Crippen molar-refractivity contribution >= 4 is 11.1 Å². The monoisotopic (exact) mass is 359 g/mol. The molecular formula is C24H25NO2. The number of phenols is 1. The van der Waals surface area contributed by atoms with Gasteiger partial charge in [0.05, 0.1) is 0 Å². The molecule has 0 amide bonds. The van der Waals surface area contributed by atoms with E-state index < -0.39 is 0 Å². The van der Waals surface area contributed by atoms with E-state index in [0.717, 1.165) is 29.0 Å². The van der Waals surface area contributed by atoms with Crippen molar-refractivity contribution in [2.45, 2.75) is 6.92 Å². The van der Waals surface area contributed by atoms with Gasteiger partial charge in [0.25, 0.3) is 0 Å². The van der Waals surface area contributed by atoms with Crippen molar-refractivity contribution in [3.8, 4) is 11.5 Å². The molecule has 0 heterocycles. The molecule has 3 aromatic carbocycles. The van der Waals surface area contributed by atoms with E-state index in [1.54, 1.807) is 12.1 Å². The zero-order chi connectivity index (χ0) is 19.1. The Hall–Kier alpha value is -3.04. The highest BCUT2D eigenvalue weighted by atomic mass is 16.5. The molecule has 0 unspecified atom stereocenters. The van der Waals surface area contributed by atoms with Crippen LogP contribution in [0.25, 0.3) is 11.1 Å². The highest BCUT2D eigenvalue weighted by Crippen LogP contribution is 2.33. The third-order valence-electron chi connectivity index (χ3n) is 4.50. The number of phenolic OH excluding ortho intramolecular Hbond substituents is 1. The van der Waals surface area contributed by atoms with E-state index in [1.807, 2.05) is 49.5 Å². The Kier molecular flexibility index (Phi) is 6.29. The van der Waals surface area contributed by atoms with Crippen molar-refractivity contribution < 1.29 is 9.84 Å². The number of nitrogens with one attached hydrogen (secondary N) is 1. The minimum atomic E-state index is 0.267. The van der Waals surface area contributed by atoms with E-state index in [9.17, 15) is 5.11 Å². The Bertz CT molecular complexity index is 882. The van der Waals surface area contributed by atoms with Crippen molar-refractivity contribution in [1.29, 1.82) is 0 Å². The molecule has 0 bridgehead atoms. The molecule has 2 N–H and O–H groups in total. The summed E-state index contributed by atoms with van der Waals surface area (Å²) in [4.78, 5) is 0. The van der Waals surface area contributed by atoms with Gasteiger partial charge in [-0.1, -0.05) is 54.6 Å². The zero-order valence-corrected chi connectivity index (χ0v) is 15.8. The van der Waals surface area contributed by atoms with Crippen LogP contribution in [0.15, 0.2) is 78.9 Å². The van der Waals surface area contributed by atoms with E-state index in [2.05, 4.69) is 36.5 Å². The average Bonchev–Trinajstić information content (AvgIpc) is 2.71. The standard InChI is InChI=1S/C24H25NO2/c1-18(19-6-4-3-5-7-19)24(20-8-12-22(26)13-9-20)21-10-14-23(15-11-21)27-17-16-25-2/h3-15,25-26H,16-17H2,1-2H3/b24-18+. The second kappa shape index (κ2) is 9.06. The van der Waals surface area contributed by atoms with Crippen LogP contribution in [-0.2, 0) is 0 Å². The van der Waals surface area contributed by atoms with Crippen LogP contribution >= 0.6 is 0 Å². The lowest BCUT2D eigenvalue weighted by Gasteiger charge is -2.15. The molecule has 0 saturated carbocycles. The highest BCUT2D eigenvalue weighted by molar-refractivity contribution is 5.97. The molecular weight excluding hydrogens is 334 g/mol. The van der Waals surface area contributed by atoms with Crippen LogP contribution < -0.4 is 10.1 Å². The Labute approximate surface area is 161 Å². The molecule has 0 aliphatic heterocycles. The third-order valence-corrected chi connectivity index (χ3v) is 4.50. The summed E-state index contributed by atoms with van der Waals surface area (Å²) in [5, 5.41) is 12.7. The van der Waals surface area contributed by atoms with Gasteiger partial charge in [0.1, 0.15) is 18.1 Å². The first-order valence-corrected chi connectivity index (χ1v) is 9.12. The summed E-state index contributed by atoms with van der Waals surface area (Å²) in [6.07, 6.45) is 0. The number of aromatic hydroxyl groups is 1. The molecule has 0 aliphatic rings. The molecule has 0 aliphatic carbocycles. The quantitative estimate of drug-likeness (QED) is 0.462. The minimum absolute atomic E-state index is 0.267. The molecule has 27 heavy (non-hydrogen) atoms. The van der Waals surface area contributed by atoms with Crippen molar-refractivity contribution in [3.63, 3.8) is 0 Å². The second-order valence-corrected chi connectivity index (χ2v) is 6.39.